The molecule has 7 heteroatoms. The van der Waals surface area contributed by atoms with Gasteiger partial charge in [-0.15, -0.1) is 0 Å². The Morgan fingerprint density at radius 3 is 1.58 bits per heavy atom. The largest absolute Gasteiger partial charge is 1.00 e. The molecular weight excluding hydrogens is 439 g/mol. The zero-order chi connectivity index (χ0) is 22.4. The van der Waals surface area contributed by atoms with Crippen molar-refractivity contribution < 1.29 is 73.9 Å². The second-order valence-electron chi connectivity index (χ2n) is 8.58. The third-order valence-electron chi connectivity index (χ3n) is 5.87. The minimum atomic E-state index is -4.90. The zero-order valence-corrected chi connectivity index (χ0v) is 23.7. The minimum Gasteiger partial charge on any atom is -0.744 e. The Labute approximate surface area is 232 Å². The van der Waals surface area contributed by atoms with E-state index >= 15 is 0 Å². The summed E-state index contributed by atoms with van der Waals surface area (Å²) in [5.41, 5.74) is 0.307. The molecule has 0 aromatic carbocycles. The molecule has 1 unspecified atom stereocenters. The SMILES string of the molecule is CCCCCCCCCCCCCCCCC(C)C1=CC(=O)C(S(=O)(=O)[O-])=CC1=O.[K+]. The average molecular weight is 479 g/mol. The fourth-order valence-electron chi connectivity index (χ4n) is 3.94. The topological polar surface area (TPSA) is 91.3 Å². The van der Waals surface area contributed by atoms with Crippen molar-refractivity contribution in [2.45, 2.75) is 110 Å². The molecule has 0 aliphatic heterocycles. The Morgan fingerprint density at radius 1 is 0.742 bits per heavy atom. The van der Waals surface area contributed by atoms with Gasteiger partial charge in [0.05, 0.1) is 0 Å². The first-order valence-electron chi connectivity index (χ1n) is 11.7. The van der Waals surface area contributed by atoms with Crippen molar-refractivity contribution in [3.8, 4) is 0 Å². The van der Waals surface area contributed by atoms with E-state index in [9.17, 15) is 22.6 Å². The van der Waals surface area contributed by atoms with Crippen molar-refractivity contribution in [2.75, 3.05) is 0 Å². The predicted octanol–water partition coefficient (Wildman–Crippen LogP) is 3.01. The first-order chi connectivity index (χ1) is 14.3. The Hall–Kier alpha value is 0.366. The molecule has 1 atom stereocenters. The quantitative estimate of drug-likeness (QED) is 0.139. The van der Waals surface area contributed by atoms with Crippen LogP contribution in [0.4, 0.5) is 0 Å². The Balaban J connectivity index is 0.00000900. The van der Waals surface area contributed by atoms with Gasteiger partial charge in [0, 0.05) is 11.6 Å². The number of carbonyl (C=O) groups excluding carboxylic acids is 2. The summed E-state index contributed by atoms with van der Waals surface area (Å²) in [7, 11) is -4.90. The van der Waals surface area contributed by atoms with E-state index < -0.39 is 26.6 Å². The molecule has 0 aromatic heterocycles. The maximum absolute atomic E-state index is 12.1. The van der Waals surface area contributed by atoms with E-state index in [2.05, 4.69) is 6.92 Å². The van der Waals surface area contributed by atoms with Crippen molar-refractivity contribution in [3.63, 3.8) is 0 Å². The summed E-state index contributed by atoms with van der Waals surface area (Å²) in [6.07, 6.45) is 20.4. The summed E-state index contributed by atoms with van der Waals surface area (Å²) < 4.78 is 33.0. The van der Waals surface area contributed by atoms with Gasteiger partial charge in [-0.1, -0.05) is 104 Å². The number of hydrogen-bond acceptors (Lipinski definition) is 5. The molecule has 0 heterocycles. The molecule has 0 bridgehead atoms. The summed E-state index contributed by atoms with van der Waals surface area (Å²) in [4.78, 5) is 23.0. The molecule has 1 aliphatic carbocycles. The summed E-state index contributed by atoms with van der Waals surface area (Å²) in [5.74, 6) is -1.54. The van der Waals surface area contributed by atoms with E-state index in [0.29, 0.717) is 11.6 Å². The van der Waals surface area contributed by atoms with Crippen LogP contribution in [0.1, 0.15) is 110 Å². The maximum Gasteiger partial charge on any atom is 1.00 e. The molecule has 0 N–H and O–H groups in total. The van der Waals surface area contributed by atoms with Crippen LogP contribution in [0.25, 0.3) is 0 Å². The summed E-state index contributed by atoms with van der Waals surface area (Å²) in [5, 5.41) is 0. The molecule has 0 radical (unpaired) electrons. The molecule has 0 fully saturated rings. The van der Waals surface area contributed by atoms with E-state index in [4.69, 9.17) is 0 Å². The minimum absolute atomic E-state index is 0. The third kappa shape index (κ3) is 13.6. The molecule has 0 spiro atoms. The van der Waals surface area contributed by atoms with Gasteiger partial charge in [-0.2, -0.15) is 0 Å². The molecule has 0 aromatic rings. The van der Waals surface area contributed by atoms with Crippen LogP contribution >= 0.6 is 0 Å². The van der Waals surface area contributed by atoms with E-state index in [1.165, 1.54) is 77.0 Å². The standard InChI is InChI=1S/C24H40O5S.K/c1-3-4-5-6-7-8-9-10-11-12-13-14-15-16-17-20(2)21-18-23(26)24(19-22(21)25)30(27,28)29;/h18-20H,3-17H2,1-2H3,(H,27,28,29);/q;+1/p-1. The number of hydrogen-bond donors (Lipinski definition) is 0. The fourth-order valence-corrected chi connectivity index (χ4v) is 4.49. The van der Waals surface area contributed by atoms with Crippen molar-refractivity contribution in [3.05, 3.63) is 22.6 Å². The van der Waals surface area contributed by atoms with Crippen LogP contribution in [0.15, 0.2) is 22.6 Å². The summed E-state index contributed by atoms with van der Waals surface area (Å²) in [6.45, 7) is 4.11. The predicted molar refractivity (Wildman–Crippen MR) is 120 cm³/mol. The van der Waals surface area contributed by atoms with Gasteiger partial charge in [0.2, 0.25) is 0 Å². The van der Waals surface area contributed by atoms with Gasteiger partial charge in [0.15, 0.2) is 11.6 Å². The van der Waals surface area contributed by atoms with E-state index in [0.717, 1.165) is 25.3 Å². The van der Waals surface area contributed by atoms with Gasteiger partial charge in [-0.25, -0.2) is 8.42 Å². The first kappa shape index (κ1) is 31.4. The van der Waals surface area contributed by atoms with Crippen LogP contribution in [0.2, 0.25) is 0 Å². The van der Waals surface area contributed by atoms with Gasteiger partial charge in [0.1, 0.15) is 15.0 Å². The third-order valence-corrected chi connectivity index (χ3v) is 6.72. The molecule has 5 nitrogen and oxygen atoms in total. The van der Waals surface area contributed by atoms with Crippen LogP contribution in [-0.2, 0) is 19.7 Å². The first-order valence-corrected chi connectivity index (χ1v) is 13.2. The molecular formula is C24H39KO5S. The van der Waals surface area contributed by atoms with Crippen LogP contribution < -0.4 is 51.4 Å². The molecule has 0 amide bonds. The van der Waals surface area contributed by atoms with Crippen LogP contribution in [0.5, 0.6) is 0 Å². The number of allylic oxidation sites excluding steroid dienone is 4. The van der Waals surface area contributed by atoms with Crippen LogP contribution in [0.3, 0.4) is 0 Å². The van der Waals surface area contributed by atoms with E-state index in [1.807, 2.05) is 6.92 Å². The van der Waals surface area contributed by atoms with Crippen molar-refractivity contribution in [2.24, 2.45) is 5.92 Å². The molecule has 1 rings (SSSR count). The Kier molecular flexibility index (Phi) is 18.0. The Bertz CT molecular complexity index is 709. The smallest absolute Gasteiger partial charge is 0.744 e. The maximum atomic E-state index is 12.1. The molecule has 1 aliphatic rings. The number of rotatable bonds is 17. The van der Waals surface area contributed by atoms with Crippen molar-refractivity contribution in [1.29, 1.82) is 0 Å². The van der Waals surface area contributed by atoms with Gasteiger partial charge >= 0.3 is 51.4 Å². The van der Waals surface area contributed by atoms with Crippen LogP contribution in [0, 0.1) is 5.92 Å². The van der Waals surface area contributed by atoms with Gasteiger partial charge < -0.3 is 4.55 Å². The van der Waals surface area contributed by atoms with E-state index in [-0.39, 0.29) is 57.3 Å². The zero-order valence-electron chi connectivity index (χ0n) is 19.8. The van der Waals surface area contributed by atoms with Crippen LogP contribution in [-0.4, -0.2) is 24.5 Å². The van der Waals surface area contributed by atoms with E-state index in [1.54, 1.807) is 0 Å². The average Bonchev–Trinajstić information content (AvgIpc) is 2.68. The second kappa shape index (κ2) is 17.8. The van der Waals surface area contributed by atoms with Gasteiger partial charge in [-0.05, 0) is 18.4 Å². The molecule has 0 saturated heterocycles. The van der Waals surface area contributed by atoms with Crippen molar-refractivity contribution in [1.82, 2.24) is 0 Å². The Morgan fingerprint density at radius 2 is 1.16 bits per heavy atom. The fraction of sp³-hybridized carbons (Fsp3) is 0.750. The molecule has 172 valence electrons. The van der Waals surface area contributed by atoms with Gasteiger partial charge in [0.25, 0.3) is 0 Å². The normalized spacial score (nSPS) is 15.3. The molecule has 31 heavy (non-hydrogen) atoms. The summed E-state index contributed by atoms with van der Waals surface area (Å²) >= 11 is 0. The summed E-state index contributed by atoms with van der Waals surface area (Å²) in [6, 6.07) is 0. The number of unbranched alkanes of at least 4 members (excludes halogenated alkanes) is 13. The number of ketones is 2. The monoisotopic (exact) mass is 478 g/mol. The second-order valence-corrected chi connectivity index (χ2v) is 9.92. The van der Waals surface area contributed by atoms with Crippen molar-refractivity contribution >= 4 is 21.7 Å². The molecule has 0 saturated carbocycles. The van der Waals surface area contributed by atoms with Gasteiger partial charge in [-0.3, -0.25) is 9.59 Å². The number of carbonyl (C=O) groups is 2.